The van der Waals surface area contributed by atoms with Crippen molar-refractivity contribution in [1.82, 2.24) is 0 Å². The molecule has 1 aromatic heterocycles. The van der Waals surface area contributed by atoms with Crippen LogP contribution in [0.5, 0.6) is 0 Å². The van der Waals surface area contributed by atoms with E-state index in [9.17, 15) is 0 Å². The summed E-state index contributed by atoms with van der Waals surface area (Å²) in [4.78, 5) is 1.46. The lowest BCUT2D eigenvalue weighted by atomic mass is 9.73. The number of fused-ring (bicyclic) bond motifs is 12. The first kappa shape index (κ1) is 25.5. The van der Waals surface area contributed by atoms with Crippen LogP contribution in [0, 0.1) is 6.92 Å². The van der Waals surface area contributed by atoms with E-state index in [1.54, 1.807) is 0 Å². The molecule has 0 amide bonds. The molecule has 0 saturated heterocycles. The molecule has 9 rings (SSSR count). The van der Waals surface area contributed by atoms with Crippen LogP contribution in [-0.4, -0.2) is 0 Å². The molecule has 6 aromatic carbocycles. The van der Waals surface area contributed by atoms with Gasteiger partial charge in [-0.05, 0) is 80.6 Å². The van der Waals surface area contributed by atoms with E-state index in [4.69, 9.17) is 0 Å². The second kappa shape index (κ2) is 9.77. The SMILES string of the molecule is Cc1cccc2c1-c1c(sc3ccccc13)C21c2ccccc2-c2c(/C=C(/Cc3ccccc3)c3ccccc3)cccc21. The average molecular weight is 579 g/mol. The van der Waals surface area contributed by atoms with Gasteiger partial charge < -0.3 is 0 Å². The lowest BCUT2D eigenvalue weighted by molar-refractivity contribution is 0.811. The summed E-state index contributed by atoms with van der Waals surface area (Å²) in [6.45, 7) is 2.28. The monoisotopic (exact) mass is 578 g/mol. The minimum Gasteiger partial charge on any atom is -0.138 e. The standard InChI is InChI=1S/C43H30S/c1-28-14-12-23-36-39(28)41-34-21-9-11-25-38(34)44-42(41)43(36)35-22-10-8-20-33(35)40-31(19-13-24-37(40)43)27-32(30-17-6-3-7-18-30)26-29-15-4-2-5-16-29/h2-25,27H,26H2,1H3/b32-27-. The largest absolute Gasteiger partial charge is 0.138 e. The van der Waals surface area contributed by atoms with Crippen molar-refractivity contribution in [3.63, 3.8) is 0 Å². The molecule has 0 saturated carbocycles. The summed E-state index contributed by atoms with van der Waals surface area (Å²) < 4.78 is 1.36. The van der Waals surface area contributed by atoms with Gasteiger partial charge in [-0.2, -0.15) is 0 Å². The Balaban J connectivity index is 1.36. The summed E-state index contributed by atoms with van der Waals surface area (Å²) in [6.07, 6.45) is 3.33. The summed E-state index contributed by atoms with van der Waals surface area (Å²) in [7, 11) is 0. The molecule has 2 aliphatic rings. The fourth-order valence-electron chi connectivity index (χ4n) is 7.90. The molecule has 1 atom stereocenters. The van der Waals surface area contributed by atoms with Crippen LogP contribution in [0.3, 0.4) is 0 Å². The Labute approximate surface area is 262 Å². The molecular formula is C43H30S. The van der Waals surface area contributed by atoms with E-state index in [2.05, 4.69) is 159 Å². The van der Waals surface area contributed by atoms with Gasteiger partial charge in [-0.1, -0.05) is 146 Å². The summed E-state index contributed by atoms with van der Waals surface area (Å²) in [6, 6.07) is 53.8. The number of allylic oxidation sites excluding steroid dienone is 1. The summed E-state index contributed by atoms with van der Waals surface area (Å²) >= 11 is 1.98. The van der Waals surface area contributed by atoms with E-state index in [-0.39, 0.29) is 5.41 Å². The lowest BCUT2D eigenvalue weighted by Crippen LogP contribution is -2.25. The highest BCUT2D eigenvalue weighted by atomic mass is 32.1. The molecule has 0 N–H and O–H groups in total. The predicted octanol–water partition coefficient (Wildman–Crippen LogP) is 11.3. The predicted molar refractivity (Wildman–Crippen MR) is 187 cm³/mol. The van der Waals surface area contributed by atoms with Crippen molar-refractivity contribution in [3.05, 3.63) is 189 Å². The minimum absolute atomic E-state index is 0.331. The fraction of sp³-hybridized carbons (Fsp3) is 0.0698. The van der Waals surface area contributed by atoms with Gasteiger partial charge in [-0.25, -0.2) is 0 Å². The second-order valence-corrected chi connectivity index (χ2v) is 13.1. The molecule has 0 bridgehead atoms. The molecule has 7 aromatic rings. The Morgan fingerprint density at radius 1 is 0.591 bits per heavy atom. The van der Waals surface area contributed by atoms with Gasteiger partial charge in [0.15, 0.2) is 0 Å². The van der Waals surface area contributed by atoms with E-state index < -0.39 is 0 Å². The van der Waals surface area contributed by atoms with E-state index in [0.717, 1.165) is 6.42 Å². The lowest BCUT2D eigenvalue weighted by Gasteiger charge is -2.29. The summed E-state index contributed by atoms with van der Waals surface area (Å²) in [5, 5.41) is 1.37. The highest BCUT2D eigenvalue weighted by Crippen LogP contribution is 2.66. The molecule has 0 nitrogen and oxygen atoms in total. The maximum atomic E-state index is 2.45. The Hall–Kier alpha value is -4.98. The van der Waals surface area contributed by atoms with Crippen molar-refractivity contribution in [2.45, 2.75) is 18.8 Å². The van der Waals surface area contributed by atoms with Gasteiger partial charge in [0.05, 0.1) is 5.41 Å². The maximum absolute atomic E-state index is 2.45. The number of hydrogen-bond donors (Lipinski definition) is 0. The van der Waals surface area contributed by atoms with Crippen LogP contribution >= 0.6 is 11.3 Å². The molecule has 1 heteroatoms. The van der Waals surface area contributed by atoms with Crippen molar-refractivity contribution in [3.8, 4) is 22.3 Å². The minimum atomic E-state index is -0.331. The third kappa shape index (κ3) is 3.51. The van der Waals surface area contributed by atoms with Crippen molar-refractivity contribution in [2.75, 3.05) is 0 Å². The number of aryl methyl sites for hydroxylation is 1. The number of thiophene rings is 1. The zero-order valence-corrected chi connectivity index (χ0v) is 25.4. The maximum Gasteiger partial charge on any atom is 0.0819 e. The zero-order chi connectivity index (χ0) is 29.3. The molecule has 1 unspecified atom stereocenters. The van der Waals surface area contributed by atoms with Crippen LogP contribution < -0.4 is 0 Å². The molecule has 1 spiro atoms. The van der Waals surface area contributed by atoms with Gasteiger partial charge in [0.1, 0.15) is 0 Å². The summed E-state index contributed by atoms with van der Waals surface area (Å²) in [5.41, 5.74) is 16.0. The van der Waals surface area contributed by atoms with Crippen molar-refractivity contribution >= 4 is 33.1 Å². The van der Waals surface area contributed by atoms with Crippen molar-refractivity contribution in [2.24, 2.45) is 0 Å². The van der Waals surface area contributed by atoms with E-state index in [0.29, 0.717) is 0 Å². The van der Waals surface area contributed by atoms with Crippen LogP contribution in [0.1, 0.15) is 43.8 Å². The van der Waals surface area contributed by atoms with E-state index in [1.807, 2.05) is 11.3 Å². The second-order valence-electron chi connectivity index (χ2n) is 12.1. The summed E-state index contributed by atoms with van der Waals surface area (Å²) in [5.74, 6) is 0. The average Bonchev–Trinajstić information content (AvgIpc) is 3.70. The number of rotatable bonds is 4. The van der Waals surface area contributed by atoms with E-state index in [1.165, 1.54) is 81.7 Å². The van der Waals surface area contributed by atoms with Crippen molar-refractivity contribution in [1.29, 1.82) is 0 Å². The van der Waals surface area contributed by atoms with Gasteiger partial charge in [-0.3, -0.25) is 0 Å². The van der Waals surface area contributed by atoms with Crippen LogP contribution in [-0.2, 0) is 11.8 Å². The number of hydrogen-bond acceptors (Lipinski definition) is 1. The Kier molecular flexibility index (Phi) is 5.67. The first-order valence-corrected chi connectivity index (χ1v) is 16.2. The molecule has 0 radical (unpaired) electrons. The van der Waals surface area contributed by atoms with Crippen molar-refractivity contribution < 1.29 is 0 Å². The molecule has 208 valence electrons. The van der Waals surface area contributed by atoms with Gasteiger partial charge in [0.25, 0.3) is 0 Å². The topological polar surface area (TPSA) is 0 Å². The van der Waals surface area contributed by atoms with Gasteiger partial charge in [0, 0.05) is 20.5 Å². The quantitative estimate of drug-likeness (QED) is 0.182. The smallest absolute Gasteiger partial charge is 0.0819 e. The van der Waals surface area contributed by atoms with E-state index >= 15 is 0 Å². The Bertz CT molecular complexity index is 2250. The third-order valence-electron chi connectivity index (χ3n) is 9.68. The van der Waals surface area contributed by atoms with Crippen LogP contribution in [0.4, 0.5) is 0 Å². The molecule has 1 heterocycles. The van der Waals surface area contributed by atoms with Crippen LogP contribution in [0.25, 0.3) is 44.0 Å². The number of benzene rings is 6. The Morgan fingerprint density at radius 2 is 1.25 bits per heavy atom. The third-order valence-corrected chi connectivity index (χ3v) is 11.0. The molecular weight excluding hydrogens is 549 g/mol. The molecule has 0 aliphatic heterocycles. The van der Waals surface area contributed by atoms with Crippen LogP contribution in [0.15, 0.2) is 146 Å². The normalized spacial score (nSPS) is 16.2. The highest BCUT2D eigenvalue weighted by molar-refractivity contribution is 7.20. The molecule has 2 aliphatic carbocycles. The van der Waals surface area contributed by atoms with Gasteiger partial charge >= 0.3 is 0 Å². The molecule has 0 fully saturated rings. The zero-order valence-electron chi connectivity index (χ0n) is 24.5. The fourth-order valence-corrected chi connectivity index (χ4v) is 9.34. The highest BCUT2D eigenvalue weighted by Gasteiger charge is 2.54. The first-order chi connectivity index (χ1) is 21.7. The Morgan fingerprint density at radius 3 is 2.09 bits per heavy atom. The molecule has 44 heavy (non-hydrogen) atoms. The van der Waals surface area contributed by atoms with Gasteiger partial charge in [-0.15, -0.1) is 11.3 Å². The van der Waals surface area contributed by atoms with Crippen LogP contribution in [0.2, 0.25) is 0 Å². The first-order valence-electron chi connectivity index (χ1n) is 15.4. The van der Waals surface area contributed by atoms with Gasteiger partial charge in [0.2, 0.25) is 0 Å².